The van der Waals surface area contributed by atoms with Crippen LogP contribution in [0.5, 0.6) is 0 Å². The van der Waals surface area contributed by atoms with Gasteiger partial charge in [0.25, 0.3) is 0 Å². The minimum atomic E-state index is -0.888. The topological polar surface area (TPSA) is 68.5 Å². The zero-order chi connectivity index (χ0) is 18.6. The normalized spacial score (nSPS) is 21.5. The summed E-state index contributed by atoms with van der Waals surface area (Å²) in [6.07, 6.45) is 0.0845. The first-order chi connectivity index (χ1) is 12.3. The van der Waals surface area contributed by atoms with Crippen LogP contribution in [0, 0.1) is 5.82 Å². The van der Waals surface area contributed by atoms with Gasteiger partial charge in [0, 0.05) is 12.0 Å². The van der Waals surface area contributed by atoms with Gasteiger partial charge in [0.1, 0.15) is 22.9 Å². The molecule has 0 bridgehead atoms. The Morgan fingerprint density at radius 3 is 2.73 bits per heavy atom. The summed E-state index contributed by atoms with van der Waals surface area (Å²) in [6, 6.07) is 7.68. The molecule has 134 valence electrons. The summed E-state index contributed by atoms with van der Waals surface area (Å²) in [6.45, 7) is 3.45. The number of benzene rings is 1. The molecular weight excluding hydrogens is 361 g/mol. The first kappa shape index (κ1) is 16.8. The Balaban J connectivity index is 1.75. The van der Waals surface area contributed by atoms with Crippen molar-refractivity contribution in [2.24, 2.45) is 0 Å². The van der Waals surface area contributed by atoms with E-state index in [0.717, 1.165) is 0 Å². The number of carbonyl (C=O) groups excluding carboxylic acids is 2. The van der Waals surface area contributed by atoms with Crippen molar-refractivity contribution < 1.29 is 23.1 Å². The van der Waals surface area contributed by atoms with Gasteiger partial charge < -0.3 is 14.5 Å². The minimum absolute atomic E-state index is 0.0105. The quantitative estimate of drug-likeness (QED) is 0.807. The van der Waals surface area contributed by atoms with E-state index in [2.05, 4.69) is 5.32 Å². The van der Waals surface area contributed by atoms with Gasteiger partial charge in [-0.15, -0.1) is 0 Å². The average molecular weight is 376 g/mol. The minimum Gasteiger partial charge on any atom is -0.460 e. The molecule has 0 aliphatic carbocycles. The third-order valence-corrected chi connectivity index (χ3v) is 4.91. The molecule has 0 radical (unpaired) electrons. The summed E-state index contributed by atoms with van der Waals surface area (Å²) in [7, 11) is 0. The summed E-state index contributed by atoms with van der Waals surface area (Å²) < 4.78 is 24.6. The highest BCUT2D eigenvalue weighted by Crippen LogP contribution is 2.43. The van der Waals surface area contributed by atoms with E-state index in [0.29, 0.717) is 28.4 Å². The lowest BCUT2D eigenvalue weighted by atomic mass is 9.86. The Labute approximate surface area is 153 Å². The zero-order valence-electron chi connectivity index (χ0n) is 14.1. The van der Waals surface area contributed by atoms with Crippen LogP contribution in [0.1, 0.15) is 31.9 Å². The van der Waals surface area contributed by atoms with E-state index < -0.39 is 23.3 Å². The molecule has 5 nitrogen and oxygen atoms in total. The zero-order valence-corrected chi connectivity index (χ0v) is 14.8. The molecule has 1 unspecified atom stereocenters. The SMILES string of the molecule is CC1(C)OC(=O)C2=C1NC(=O)CC2c1ccc(-c2ccc(F)c(Cl)c2)o1. The molecule has 2 aliphatic heterocycles. The fourth-order valence-electron chi connectivity index (χ4n) is 3.36. The second kappa shape index (κ2) is 5.71. The lowest BCUT2D eigenvalue weighted by Crippen LogP contribution is -2.38. The summed E-state index contributed by atoms with van der Waals surface area (Å²) in [4.78, 5) is 24.5. The third-order valence-electron chi connectivity index (χ3n) is 4.62. The molecule has 0 saturated carbocycles. The lowest BCUT2D eigenvalue weighted by molar-refractivity contribution is -0.144. The monoisotopic (exact) mass is 375 g/mol. The number of furan rings is 1. The molecule has 2 aromatic rings. The van der Waals surface area contributed by atoms with Crippen molar-refractivity contribution in [1.82, 2.24) is 5.32 Å². The second-order valence-electron chi connectivity index (χ2n) is 6.82. The largest absolute Gasteiger partial charge is 0.460 e. The van der Waals surface area contributed by atoms with Crippen molar-refractivity contribution in [1.29, 1.82) is 0 Å². The van der Waals surface area contributed by atoms with E-state index in [1.54, 1.807) is 32.0 Å². The van der Waals surface area contributed by atoms with Gasteiger partial charge >= 0.3 is 5.97 Å². The molecule has 7 heteroatoms. The molecule has 26 heavy (non-hydrogen) atoms. The van der Waals surface area contributed by atoms with Gasteiger partial charge in [-0.2, -0.15) is 0 Å². The van der Waals surface area contributed by atoms with Gasteiger partial charge in [-0.25, -0.2) is 9.18 Å². The van der Waals surface area contributed by atoms with Crippen molar-refractivity contribution in [3.05, 3.63) is 58.2 Å². The van der Waals surface area contributed by atoms with E-state index in [1.807, 2.05) is 0 Å². The highest BCUT2D eigenvalue weighted by molar-refractivity contribution is 6.31. The molecule has 2 aliphatic rings. The number of cyclic esters (lactones) is 1. The van der Waals surface area contributed by atoms with Gasteiger partial charge in [-0.3, -0.25) is 4.79 Å². The standard InChI is InChI=1S/C19H15ClFNO4/c1-19(2)17-16(18(24)26-19)10(8-15(23)22-17)14-6-5-13(25-14)9-3-4-12(21)11(20)7-9/h3-7,10H,8H2,1-2H3,(H,22,23). The molecule has 1 N–H and O–H groups in total. The van der Waals surface area contributed by atoms with Crippen LogP contribution >= 0.6 is 11.6 Å². The number of halogens is 2. The predicted octanol–water partition coefficient (Wildman–Crippen LogP) is 3.93. The van der Waals surface area contributed by atoms with Crippen molar-refractivity contribution in [3.63, 3.8) is 0 Å². The van der Waals surface area contributed by atoms with Crippen molar-refractivity contribution in [3.8, 4) is 11.3 Å². The van der Waals surface area contributed by atoms with E-state index in [-0.39, 0.29) is 17.4 Å². The van der Waals surface area contributed by atoms with Gasteiger partial charge in [-0.05, 0) is 44.2 Å². The molecule has 1 amide bonds. The molecule has 3 heterocycles. The maximum atomic E-state index is 13.4. The van der Waals surface area contributed by atoms with E-state index in [9.17, 15) is 14.0 Å². The Hall–Kier alpha value is -2.60. The Morgan fingerprint density at radius 2 is 2.00 bits per heavy atom. The van der Waals surface area contributed by atoms with Gasteiger partial charge in [-0.1, -0.05) is 11.6 Å². The number of rotatable bonds is 2. The fraction of sp³-hybridized carbons (Fsp3) is 0.263. The van der Waals surface area contributed by atoms with Crippen molar-refractivity contribution in [2.75, 3.05) is 0 Å². The van der Waals surface area contributed by atoms with Crippen LogP contribution in [0.4, 0.5) is 4.39 Å². The summed E-state index contributed by atoms with van der Waals surface area (Å²) in [5.74, 6) is -0.770. The molecule has 4 rings (SSSR count). The van der Waals surface area contributed by atoms with Gasteiger partial charge in [0.2, 0.25) is 5.91 Å². The average Bonchev–Trinajstić information content (AvgIpc) is 3.13. The summed E-state index contributed by atoms with van der Waals surface area (Å²) in [5.41, 5.74) is 0.603. The van der Waals surface area contributed by atoms with E-state index >= 15 is 0 Å². The van der Waals surface area contributed by atoms with Crippen LogP contribution in [0.3, 0.4) is 0 Å². The molecule has 1 aromatic heterocycles. The summed E-state index contributed by atoms with van der Waals surface area (Å²) >= 11 is 5.82. The number of amides is 1. The van der Waals surface area contributed by atoms with Crippen LogP contribution < -0.4 is 5.32 Å². The molecule has 0 saturated heterocycles. The Morgan fingerprint density at radius 1 is 1.23 bits per heavy atom. The maximum absolute atomic E-state index is 13.4. The molecule has 0 spiro atoms. The lowest BCUT2D eigenvalue weighted by Gasteiger charge is -2.26. The number of hydrogen-bond donors (Lipinski definition) is 1. The third kappa shape index (κ3) is 2.61. The molecule has 0 fully saturated rings. The van der Waals surface area contributed by atoms with Crippen LogP contribution in [0.15, 0.2) is 46.0 Å². The maximum Gasteiger partial charge on any atom is 0.337 e. The highest BCUT2D eigenvalue weighted by Gasteiger charge is 2.48. The fourth-order valence-corrected chi connectivity index (χ4v) is 3.54. The Bertz CT molecular complexity index is 976. The number of hydrogen-bond acceptors (Lipinski definition) is 4. The van der Waals surface area contributed by atoms with E-state index in [1.165, 1.54) is 12.1 Å². The molecular formula is C19H15ClFNO4. The van der Waals surface area contributed by atoms with Crippen LogP contribution in [0.25, 0.3) is 11.3 Å². The molecule has 1 atom stereocenters. The first-order valence-corrected chi connectivity index (χ1v) is 8.47. The number of carbonyl (C=O) groups is 2. The van der Waals surface area contributed by atoms with Gasteiger partial charge in [0.15, 0.2) is 0 Å². The van der Waals surface area contributed by atoms with Crippen LogP contribution in [0.2, 0.25) is 5.02 Å². The first-order valence-electron chi connectivity index (χ1n) is 8.09. The second-order valence-corrected chi connectivity index (χ2v) is 7.23. The Kier molecular flexibility index (Phi) is 3.70. The van der Waals surface area contributed by atoms with Gasteiger partial charge in [0.05, 0.1) is 22.2 Å². The molecule has 1 aromatic carbocycles. The number of nitrogens with one attached hydrogen (secondary N) is 1. The summed E-state index contributed by atoms with van der Waals surface area (Å²) in [5, 5.41) is 2.73. The highest BCUT2D eigenvalue weighted by atomic mass is 35.5. The number of ether oxygens (including phenoxy) is 1. The smallest absolute Gasteiger partial charge is 0.337 e. The number of esters is 1. The van der Waals surface area contributed by atoms with Crippen molar-refractivity contribution in [2.45, 2.75) is 31.8 Å². The van der Waals surface area contributed by atoms with Crippen LogP contribution in [-0.2, 0) is 14.3 Å². The predicted molar refractivity (Wildman–Crippen MR) is 91.8 cm³/mol. The van der Waals surface area contributed by atoms with E-state index in [4.69, 9.17) is 20.8 Å². The van der Waals surface area contributed by atoms with Crippen LogP contribution in [-0.4, -0.2) is 17.5 Å². The van der Waals surface area contributed by atoms with Crippen molar-refractivity contribution >= 4 is 23.5 Å².